The quantitative estimate of drug-likeness (QED) is 0.347. The average molecular weight is 354 g/mol. The van der Waals surface area contributed by atoms with Gasteiger partial charge in [0.1, 0.15) is 0 Å². The molecular weight excluding hydrogens is 314 g/mol. The Morgan fingerprint density at radius 2 is 1.00 bits per heavy atom. The molecule has 0 saturated heterocycles. The zero-order valence-electron chi connectivity index (χ0n) is 15.4. The third-order valence-electron chi connectivity index (χ3n) is 3.93. The fourth-order valence-electron chi connectivity index (χ4n) is 2.51. The molecule has 0 fully saturated rings. The van der Waals surface area contributed by atoms with E-state index < -0.39 is 10.4 Å². The van der Waals surface area contributed by atoms with Crippen LogP contribution < -0.4 is 6.15 Å². The lowest BCUT2D eigenvalue weighted by Crippen LogP contribution is -2.08. The van der Waals surface area contributed by atoms with Gasteiger partial charge in [-0.1, -0.05) is 90.4 Å². The van der Waals surface area contributed by atoms with Crippen LogP contribution in [0.5, 0.6) is 0 Å². The summed E-state index contributed by atoms with van der Waals surface area (Å²) in [5, 5.41) is 0. The monoisotopic (exact) mass is 353 g/mol. The molecular formula is C17H39NO4S. The summed E-state index contributed by atoms with van der Waals surface area (Å²) in [5.74, 6) is 0. The van der Waals surface area contributed by atoms with Crippen LogP contribution >= 0.6 is 0 Å². The van der Waals surface area contributed by atoms with Crippen LogP contribution in [-0.4, -0.2) is 22.1 Å². The van der Waals surface area contributed by atoms with Crippen LogP contribution in [0.15, 0.2) is 0 Å². The first-order valence-corrected chi connectivity index (χ1v) is 10.4. The predicted molar refractivity (Wildman–Crippen MR) is 97.2 cm³/mol. The van der Waals surface area contributed by atoms with Crippen LogP contribution in [0.25, 0.3) is 0 Å². The van der Waals surface area contributed by atoms with Crippen LogP contribution in [-0.2, 0) is 18.8 Å². The Morgan fingerprint density at radius 1 is 0.652 bits per heavy atom. The number of hydrogen-bond acceptors (Lipinski definition) is 5. The van der Waals surface area contributed by atoms with Crippen molar-refractivity contribution in [1.29, 1.82) is 0 Å². The van der Waals surface area contributed by atoms with Gasteiger partial charge in [-0.3, -0.25) is 4.18 Å². The van der Waals surface area contributed by atoms with Gasteiger partial charge in [0.2, 0.25) is 0 Å². The zero-order valence-corrected chi connectivity index (χ0v) is 16.2. The predicted octanol–water partition coefficient (Wildman–Crippen LogP) is 5.54. The van der Waals surface area contributed by atoms with Gasteiger partial charge in [-0.15, -0.1) is 0 Å². The molecule has 0 amide bonds. The molecule has 0 aliphatic heterocycles. The van der Waals surface area contributed by atoms with Crippen LogP contribution in [0.2, 0.25) is 0 Å². The molecule has 0 aromatic rings. The van der Waals surface area contributed by atoms with Gasteiger partial charge in [0.05, 0.1) is 13.7 Å². The normalized spacial score (nSPS) is 11.4. The second-order valence-electron chi connectivity index (χ2n) is 5.99. The maximum absolute atomic E-state index is 10.9. The third-order valence-corrected chi connectivity index (χ3v) is 4.79. The Bertz CT molecular complexity index is 321. The van der Waals surface area contributed by atoms with E-state index >= 15 is 0 Å². The molecule has 0 aromatic heterocycles. The Labute approximate surface area is 144 Å². The first-order chi connectivity index (χ1) is 10.6. The van der Waals surface area contributed by atoms with Crippen molar-refractivity contribution in [2.75, 3.05) is 13.7 Å². The minimum atomic E-state index is -3.74. The summed E-state index contributed by atoms with van der Waals surface area (Å²) in [6.07, 6.45) is 17.9. The van der Waals surface area contributed by atoms with E-state index in [1.54, 1.807) is 0 Å². The van der Waals surface area contributed by atoms with Crippen molar-refractivity contribution in [2.45, 2.75) is 96.8 Å². The smallest absolute Gasteiger partial charge is 0.344 e. The summed E-state index contributed by atoms with van der Waals surface area (Å²) in [6.45, 7) is 2.49. The summed E-state index contributed by atoms with van der Waals surface area (Å²) >= 11 is 0. The summed E-state index contributed by atoms with van der Waals surface area (Å²) in [5.41, 5.74) is 0. The number of hydrogen-bond donors (Lipinski definition) is 1. The van der Waals surface area contributed by atoms with Gasteiger partial charge < -0.3 is 6.15 Å². The maximum atomic E-state index is 10.9. The van der Waals surface area contributed by atoms with Crippen molar-refractivity contribution in [3.63, 3.8) is 0 Å². The minimum Gasteiger partial charge on any atom is -0.344 e. The molecule has 0 spiro atoms. The molecule has 6 heteroatoms. The Hall–Kier alpha value is -0.170. The zero-order chi connectivity index (χ0) is 16.5. The summed E-state index contributed by atoms with van der Waals surface area (Å²) in [7, 11) is -2.63. The summed E-state index contributed by atoms with van der Waals surface area (Å²) in [4.78, 5) is 0. The van der Waals surface area contributed by atoms with Crippen molar-refractivity contribution in [1.82, 2.24) is 6.15 Å². The van der Waals surface area contributed by atoms with E-state index in [1.165, 1.54) is 70.6 Å². The first kappa shape index (κ1) is 25.1. The van der Waals surface area contributed by atoms with Crippen LogP contribution in [0.4, 0.5) is 0 Å². The highest BCUT2D eigenvalue weighted by molar-refractivity contribution is 7.81. The highest BCUT2D eigenvalue weighted by Crippen LogP contribution is 2.13. The molecule has 0 radical (unpaired) electrons. The minimum absolute atomic E-state index is 0. The van der Waals surface area contributed by atoms with Crippen molar-refractivity contribution in [2.24, 2.45) is 0 Å². The first-order valence-electron chi connectivity index (χ1n) is 9.07. The SMILES string of the molecule is CCCCCCCCCCCCCCCCOS(=O)(=O)OC.N. The fraction of sp³-hybridized carbons (Fsp3) is 1.00. The average Bonchev–Trinajstić information content (AvgIpc) is 2.51. The molecule has 0 unspecified atom stereocenters. The standard InChI is InChI=1S/C17H36O4S.H3N/c1-3-4-5-6-7-8-9-10-11-12-13-14-15-16-17-21-22(18,19)20-2;/h3-17H2,1-2H3;1H3. The largest absolute Gasteiger partial charge is 0.399 e. The molecule has 5 nitrogen and oxygen atoms in total. The highest BCUT2D eigenvalue weighted by Gasteiger charge is 2.07. The maximum Gasteiger partial charge on any atom is 0.399 e. The van der Waals surface area contributed by atoms with Crippen LogP contribution in [0.1, 0.15) is 96.8 Å². The van der Waals surface area contributed by atoms with Crippen molar-refractivity contribution in [3.8, 4) is 0 Å². The molecule has 0 bridgehead atoms. The Balaban J connectivity index is 0. The molecule has 142 valence electrons. The molecule has 0 saturated carbocycles. The molecule has 0 rings (SSSR count). The summed E-state index contributed by atoms with van der Waals surface area (Å²) in [6, 6.07) is 0. The van der Waals surface area contributed by atoms with Crippen molar-refractivity contribution in [3.05, 3.63) is 0 Å². The molecule has 23 heavy (non-hydrogen) atoms. The van der Waals surface area contributed by atoms with Gasteiger partial charge in [-0.25, -0.2) is 4.18 Å². The molecule has 0 aromatic carbocycles. The van der Waals surface area contributed by atoms with Gasteiger partial charge in [0, 0.05) is 0 Å². The lowest BCUT2D eigenvalue weighted by Gasteiger charge is -2.04. The van der Waals surface area contributed by atoms with Gasteiger partial charge in [-0.2, -0.15) is 8.42 Å². The topological polar surface area (TPSA) is 87.6 Å². The molecule has 0 heterocycles. The second-order valence-corrected chi connectivity index (χ2v) is 7.38. The van der Waals surface area contributed by atoms with E-state index in [0.717, 1.165) is 26.4 Å². The molecule has 0 aliphatic rings. The Kier molecular flexibility index (Phi) is 19.8. The third kappa shape index (κ3) is 19.8. The molecule has 0 aliphatic carbocycles. The Morgan fingerprint density at radius 3 is 1.35 bits per heavy atom. The summed E-state index contributed by atoms with van der Waals surface area (Å²) < 4.78 is 30.6. The van der Waals surface area contributed by atoms with E-state index in [4.69, 9.17) is 0 Å². The van der Waals surface area contributed by atoms with Crippen LogP contribution in [0, 0.1) is 0 Å². The number of unbranched alkanes of at least 4 members (excludes halogenated alkanes) is 13. The van der Waals surface area contributed by atoms with Gasteiger partial charge in [-0.05, 0) is 6.42 Å². The van der Waals surface area contributed by atoms with Crippen molar-refractivity contribution >= 4 is 10.4 Å². The number of rotatable bonds is 17. The molecule has 3 N–H and O–H groups in total. The van der Waals surface area contributed by atoms with E-state index in [0.29, 0.717) is 0 Å². The molecule has 0 atom stereocenters. The fourth-order valence-corrected chi connectivity index (χ4v) is 2.92. The van der Waals surface area contributed by atoms with E-state index in [2.05, 4.69) is 15.3 Å². The van der Waals surface area contributed by atoms with Crippen molar-refractivity contribution < 1.29 is 16.8 Å². The van der Waals surface area contributed by atoms with Gasteiger partial charge in [0.15, 0.2) is 0 Å². The lowest BCUT2D eigenvalue weighted by molar-refractivity contribution is 0.238. The highest BCUT2D eigenvalue weighted by atomic mass is 32.3. The van der Waals surface area contributed by atoms with Gasteiger partial charge in [0.25, 0.3) is 0 Å². The van der Waals surface area contributed by atoms with E-state index in [-0.39, 0.29) is 12.8 Å². The van der Waals surface area contributed by atoms with E-state index in [1.807, 2.05) is 0 Å². The van der Waals surface area contributed by atoms with E-state index in [9.17, 15) is 8.42 Å². The van der Waals surface area contributed by atoms with Gasteiger partial charge >= 0.3 is 10.4 Å². The second kappa shape index (κ2) is 18.2. The van der Waals surface area contributed by atoms with Crippen LogP contribution in [0.3, 0.4) is 0 Å². The lowest BCUT2D eigenvalue weighted by atomic mass is 10.0.